The lowest BCUT2D eigenvalue weighted by atomic mass is 9.92. The number of hydrogen-bond donors (Lipinski definition) is 2. The van der Waals surface area contributed by atoms with Crippen LogP contribution in [0.5, 0.6) is 5.75 Å². The Morgan fingerprint density at radius 3 is 3.05 bits per heavy atom. The van der Waals surface area contributed by atoms with Gasteiger partial charge in [-0.15, -0.1) is 0 Å². The molecule has 2 rings (SSSR count). The molecule has 0 aromatic heterocycles. The molecule has 1 aromatic carbocycles. The number of amides is 1. The summed E-state index contributed by atoms with van der Waals surface area (Å²) in [6.45, 7) is 6.23. The van der Waals surface area contributed by atoms with Crippen LogP contribution in [0.3, 0.4) is 0 Å². The van der Waals surface area contributed by atoms with E-state index in [-0.39, 0.29) is 11.8 Å². The first-order valence-electron chi connectivity index (χ1n) is 8.02. The first kappa shape index (κ1) is 17.1. The molecule has 1 amide bonds. The summed E-state index contributed by atoms with van der Waals surface area (Å²) in [4.78, 5) is 12.2. The van der Waals surface area contributed by atoms with E-state index in [0.717, 1.165) is 37.1 Å². The van der Waals surface area contributed by atoms with Gasteiger partial charge in [-0.3, -0.25) is 4.79 Å². The predicted molar refractivity (Wildman–Crippen MR) is 89.5 cm³/mol. The number of carbonyl (C=O) groups excluding carboxylic acids is 1. The molecule has 0 bridgehead atoms. The molecule has 122 valence electrons. The second-order valence-electron chi connectivity index (χ2n) is 5.80. The molecule has 1 aliphatic heterocycles. The number of ether oxygens (including phenoxy) is 1. The van der Waals surface area contributed by atoms with Gasteiger partial charge in [0.25, 0.3) is 0 Å². The Bertz CT molecular complexity index is 507. The summed E-state index contributed by atoms with van der Waals surface area (Å²) < 4.78 is 5.60. The highest BCUT2D eigenvalue weighted by Crippen LogP contribution is 2.23. The van der Waals surface area contributed by atoms with Gasteiger partial charge in [-0.05, 0) is 63.4 Å². The number of halogens is 1. The first-order chi connectivity index (χ1) is 10.6. The number of benzene rings is 1. The normalized spacial score (nSPS) is 21.4. The largest absolute Gasteiger partial charge is 0.494 e. The van der Waals surface area contributed by atoms with Crippen molar-refractivity contribution in [3.8, 4) is 5.75 Å². The standard InChI is InChI=1S/C17H25ClN2O2/c1-3-22-16-5-4-15(18)11-13(16)6-9-20-17(21)14-7-8-19-12(2)10-14/h4-5,11-12,14,19H,3,6-10H2,1-2H3,(H,20,21)/t12-,14-/m0/s1. The van der Waals surface area contributed by atoms with Crippen LogP contribution >= 0.6 is 11.6 Å². The van der Waals surface area contributed by atoms with Crippen LogP contribution in [-0.4, -0.2) is 31.6 Å². The highest BCUT2D eigenvalue weighted by molar-refractivity contribution is 6.30. The number of hydrogen-bond acceptors (Lipinski definition) is 3. The van der Waals surface area contributed by atoms with Crippen LogP contribution in [0.15, 0.2) is 18.2 Å². The molecule has 1 aliphatic rings. The topological polar surface area (TPSA) is 50.4 Å². The van der Waals surface area contributed by atoms with Crippen LogP contribution in [0, 0.1) is 5.92 Å². The van der Waals surface area contributed by atoms with Crippen molar-refractivity contribution >= 4 is 17.5 Å². The third-order valence-corrected chi connectivity index (χ3v) is 4.25. The minimum atomic E-state index is 0.127. The van der Waals surface area contributed by atoms with Crippen molar-refractivity contribution < 1.29 is 9.53 Å². The highest BCUT2D eigenvalue weighted by Gasteiger charge is 2.24. The van der Waals surface area contributed by atoms with Crippen molar-refractivity contribution in [2.75, 3.05) is 19.7 Å². The van der Waals surface area contributed by atoms with Crippen molar-refractivity contribution in [1.82, 2.24) is 10.6 Å². The zero-order chi connectivity index (χ0) is 15.9. The van der Waals surface area contributed by atoms with E-state index < -0.39 is 0 Å². The van der Waals surface area contributed by atoms with Crippen LogP contribution in [0.1, 0.15) is 32.3 Å². The Morgan fingerprint density at radius 2 is 2.32 bits per heavy atom. The molecular formula is C17H25ClN2O2. The minimum absolute atomic E-state index is 0.127. The van der Waals surface area contributed by atoms with Gasteiger partial charge >= 0.3 is 0 Å². The first-order valence-corrected chi connectivity index (χ1v) is 8.40. The summed E-state index contributed by atoms with van der Waals surface area (Å²) in [5.74, 6) is 1.13. The van der Waals surface area contributed by atoms with Crippen molar-refractivity contribution in [1.29, 1.82) is 0 Å². The maximum atomic E-state index is 12.2. The fourth-order valence-electron chi connectivity index (χ4n) is 2.87. The van der Waals surface area contributed by atoms with Crippen molar-refractivity contribution in [2.45, 2.75) is 39.2 Å². The monoisotopic (exact) mass is 324 g/mol. The fourth-order valence-corrected chi connectivity index (χ4v) is 3.07. The third kappa shape index (κ3) is 4.89. The summed E-state index contributed by atoms with van der Waals surface area (Å²) >= 11 is 6.05. The predicted octanol–water partition coefficient (Wildman–Crippen LogP) is 2.79. The van der Waals surface area contributed by atoms with Gasteiger partial charge in [0.1, 0.15) is 5.75 Å². The molecule has 2 atom stereocenters. The van der Waals surface area contributed by atoms with Crippen LogP contribution in [0.2, 0.25) is 5.02 Å². The second-order valence-corrected chi connectivity index (χ2v) is 6.24. The average molecular weight is 325 g/mol. The van der Waals surface area contributed by atoms with E-state index in [1.54, 1.807) is 0 Å². The molecular weight excluding hydrogens is 300 g/mol. The summed E-state index contributed by atoms with van der Waals surface area (Å²) in [5.41, 5.74) is 1.04. The fraction of sp³-hybridized carbons (Fsp3) is 0.588. The van der Waals surface area contributed by atoms with E-state index in [2.05, 4.69) is 17.6 Å². The van der Waals surface area contributed by atoms with Gasteiger partial charge in [0.05, 0.1) is 6.61 Å². The van der Waals surface area contributed by atoms with E-state index in [4.69, 9.17) is 16.3 Å². The zero-order valence-corrected chi connectivity index (χ0v) is 14.1. The quantitative estimate of drug-likeness (QED) is 0.846. The van der Waals surface area contributed by atoms with E-state index in [9.17, 15) is 4.79 Å². The molecule has 0 aliphatic carbocycles. The number of nitrogens with one attached hydrogen (secondary N) is 2. The van der Waals surface area contributed by atoms with Gasteiger partial charge in [0.2, 0.25) is 5.91 Å². The summed E-state index contributed by atoms with van der Waals surface area (Å²) in [6, 6.07) is 6.04. The Morgan fingerprint density at radius 1 is 1.50 bits per heavy atom. The summed E-state index contributed by atoms with van der Waals surface area (Å²) in [6.07, 6.45) is 2.55. The zero-order valence-electron chi connectivity index (χ0n) is 13.3. The lowest BCUT2D eigenvalue weighted by Crippen LogP contribution is -2.42. The second kappa shape index (κ2) is 8.39. The Kier molecular flexibility index (Phi) is 6.52. The van der Waals surface area contributed by atoms with Gasteiger partial charge in [0.15, 0.2) is 0 Å². The maximum absolute atomic E-state index is 12.2. The Balaban J connectivity index is 1.85. The van der Waals surface area contributed by atoms with E-state index in [1.165, 1.54) is 0 Å². The van der Waals surface area contributed by atoms with Gasteiger partial charge < -0.3 is 15.4 Å². The molecule has 22 heavy (non-hydrogen) atoms. The molecule has 0 unspecified atom stereocenters. The highest BCUT2D eigenvalue weighted by atomic mass is 35.5. The molecule has 0 spiro atoms. The molecule has 4 nitrogen and oxygen atoms in total. The molecule has 0 saturated carbocycles. The van der Waals surface area contributed by atoms with E-state index in [1.807, 2.05) is 25.1 Å². The van der Waals surface area contributed by atoms with Gasteiger partial charge in [-0.1, -0.05) is 11.6 Å². The number of piperidine rings is 1. The van der Waals surface area contributed by atoms with Crippen LogP contribution in [0.4, 0.5) is 0 Å². The smallest absolute Gasteiger partial charge is 0.223 e. The third-order valence-electron chi connectivity index (χ3n) is 4.01. The van der Waals surface area contributed by atoms with Gasteiger partial charge in [-0.25, -0.2) is 0 Å². The average Bonchev–Trinajstić information content (AvgIpc) is 2.50. The van der Waals surface area contributed by atoms with E-state index >= 15 is 0 Å². The van der Waals surface area contributed by atoms with Crippen molar-refractivity contribution in [3.05, 3.63) is 28.8 Å². The van der Waals surface area contributed by atoms with Gasteiger partial charge in [-0.2, -0.15) is 0 Å². The number of rotatable bonds is 6. The van der Waals surface area contributed by atoms with Crippen molar-refractivity contribution in [2.24, 2.45) is 5.92 Å². The lowest BCUT2D eigenvalue weighted by molar-refractivity contribution is -0.126. The minimum Gasteiger partial charge on any atom is -0.494 e. The molecule has 0 radical (unpaired) electrons. The summed E-state index contributed by atoms with van der Waals surface area (Å²) in [5, 5.41) is 7.10. The Labute approximate surface area is 137 Å². The molecule has 1 saturated heterocycles. The molecule has 2 N–H and O–H groups in total. The van der Waals surface area contributed by atoms with Crippen LogP contribution < -0.4 is 15.4 Å². The molecule has 1 heterocycles. The van der Waals surface area contributed by atoms with Gasteiger partial charge in [0, 0.05) is 23.5 Å². The Hall–Kier alpha value is -1.26. The molecule has 5 heteroatoms. The maximum Gasteiger partial charge on any atom is 0.223 e. The SMILES string of the molecule is CCOc1ccc(Cl)cc1CCNC(=O)[C@H]1CCN[C@@H](C)C1. The van der Waals surface area contributed by atoms with Crippen LogP contribution in [-0.2, 0) is 11.2 Å². The van der Waals surface area contributed by atoms with E-state index in [0.29, 0.717) is 24.2 Å². The molecule has 1 aromatic rings. The molecule has 1 fully saturated rings. The van der Waals surface area contributed by atoms with Crippen molar-refractivity contribution in [3.63, 3.8) is 0 Å². The number of carbonyl (C=O) groups is 1. The summed E-state index contributed by atoms with van der Waals surface area (Å²) in [7, 11) is 0. The lowest BCUT2D eigenvalue weighted by Gasteiger charge is -2.27. The van der Waals surface area contributed by atoms with Crippen LogP contribution in [0.25, 0.3) is 0 Å².